The topological polar surface area (TPSA) is 72.5 Å². The predicted octanol–water partition coefficient (Wildman–Crippen LogP) is 5.14. The molecule has 1 heterocycles. The molecule has 0 bridgehead atoms. The van der Waals surface area contributed by atoms with Crippen LogP contribution in [0.2, 0.25) is 4.34 Å². The van der Waals surface area contributed by atoms with Gasteiger partial charge in [0.1, 0.15) is 4.88 Å². The zero-order valence-corrected chi connectivity index (χ0v) is 16.4. The first-order valence-electron chi connectivity index (χ1n) is 8.37. The molecule has 7 heteroatoms. The third-order valence-corrected chi connectivity index (χ3v) is 5.09. The Hall–Kier alpha value is -2.96. The molecule has 0 spiro atoms. The SMILES string of the molecule is CC(=O)c1cccc(NC(=O)[C@@H](OC(=O)c2ccc(Cl)s2)c2ccccc2)c1. The molecule has 0 aliphatic heterocycles. The number of thiophene rings is 1. The van der Waals surface area contributed by atoms with Gasteiger partial charge in [-0.1, -0.05) is 54.1 Å². The molecule has 2 aromatic carbocycles. The van der Waals surface area contributed by atoms with Crippen molar-refractivity contribution in [2.45, 2.75) is 13.0 Å². The summed E-state index contributed by atoms with van der Waals surface area (Å²) < 4.78 is 5.93. The van der Waals surface area contributed by atoms with Gasteiger partial charge in [-0.25, -0.2) is 4.79 Å². The van der Waals surface area contributed by atoms with Crippen LogP contribution in [0.5, 0.6) is 0 Å². The minimum Gasteiger partial charge on any atom is -0.443 e. The third-order valence-electron chi connectivity index (χ3n) is 3.88. The highest BCUT2D eigenvalue weighted by molar-refractivity contribution is 7.17. The molecule has 0 aliphatic rings. The maximum atomic E-state index is 12.9. The molecule has 0 saturated carbocycles. The van der Waals surface area contributed by atoms with Gasteiger partial charge in [0.25, 0.3) is 5.91 Å². The number of nitrogens with one attached hydrogen (secondary N) is 1. The number of halogens is 1. The number of benzene rings is 2. The number of ether oxygens (including phenoxy) is 1. The number of amides is 1. The molecule has 0 aliphatic carbocycles. The first-order valence-corrected chi connectivity index (χ1v) is 9.56. The van der Waals surface area contributed by atoms with Crippen molar-refractivity contribution in [3.05, 3.63) is 87.1 Å². The van der Waals surface area contributed by atoms with Crippen molar-refractivity contribution in [1.82, 2.24) is 0 Å². The van der Waals surface area contributed by atoms with Crippen molar-refractivity contribution in [1.29, 1.82) is 0 Å². The molecule has 1 aromatic heterocycles. The summed E-state index contributed by atoms with van der Waals surface area (Å²) in [6.07, 6.45) is -1.16. The molecule has 28 heavy (non-hydrogen) atoms. The molecule has 0 saturated heterocycles. The number of esters is 1. The highest BCUT2D eigenvalue weighted by Crippen LogP contribution is 2.26. The highest BCUT2D eigenvalue weighted by Gasteiger charge is 2.26. The Morgan fingerprint density at radius 1 is 1.00 bits per heavy atom. The van der Waals surface area contributed by atoms with E-state index in [1.54, 1.807) is 66.7 Å². The summed E-state index contributed by atoms with van der Waals surface area (Å²) in [5.41, 5.74) is 1.44. The second-order valence-electron chi connectivity index (χ2n) is 5.93. The molecule has 1 N–H and O–H groups in total. The van der Waals surface area contributed by atoms with Gasteiger partial charge in [-0.2, -0.15) is 0 Å². The Bertz CT molecular complexity index is 1020. The Morgan fingerprint density at radius 2 is 1.75 bits per heavy atom. The van der Waals surface area contributed by atoms with E-state index >= 15 is 0 Å². The summed E-state index contributed by atoms with van der Waals surface area (Å²) in [5.74, 6) is -1.28. The smallest absolute Gasteiger partial charge is 0.349 e. The number of hydrogen-bond acceptors (Lipinski definition) is 5. The average molecular weight is 414 g/mol. The fraction of sp³-hybridized carbons (Fsp3) is 0.0952. The number of rotatable bonds is 6. The van der Waals surface area contributed by atoms with Gasteiger partial charge in [0, 0.05) is 16.8 Å². The largest absolute Gasteiger partial charge is 0.443 e. The van der Waals surface area contributed by atoms with Gasteiger partial charge in [-0.05, 0) is 31.2 Å². The van der Waals surface area contributed by atoms with Gasteiger partial charge < -0.3 is 10.1 Å². The maximum Gasteiger partial charge on any atom is 0.349 e. The summed E-state index contributed by atoms with van der Waals surface area (Å²) >= 11 is 6.95. The van der Waals surface area contributed by atoms with Crippen LogP contribution >= 0.6 is 22.9 Å². The monoisotopic (exact) mass is 413 g/mol. The van der Waals surface area contributed by atoms with Crippen molar-refractivity contribution in [3.8, 4) is 0 Å². The number of Topliss-reactive ketones (excluding diaryl/α,β-unsaturated/α-hetero) is 1. The Morgan fingerprint density at radius 3 is 2.39 bits per heavy atom. The van der Waals surface area contributed by atoms with Crippen LogP contribution in [0.25, 0.3) is 0 Å². The molecule has 3 rings (SSSR count). The number of carbonyl (C=O) groups is 3. The third kappa shape index (κ3) is 4.85. The summed E-state index contributed by atoms with van der Waals surface area (Å²) in [5, 5.41) is 2.71. The molecule has 142 valence electrons. The zero-order chi connectivity index (χ0) is 20.1. The second kappa shape index (κ2) is 8.82. The lowest BCUT2D eigenvalue weighted by Gasteiger charge is -2.18. The molecule has 0 radical (unpaired) electrons. The van der Waals surface area contributed by atoms with E-state index in [0.717, 1.165) is 11.3 Å². The lowest BCUT2D eigenvalue weighted by atomic mass is 10.1. The summed E-state index contributed by atoms with van der Waals surface area (Å²) in [4.78, 5) is 37.2. The summed E-state index contributed by atoms with van der Waals surface area (Å²) in [6.45, 7) is 1.45. The van der Waals surface area contributed by atoms with E-state index in [0.29, 0.717) is 26.0 Å². The van der Waals surface area contributed by atoms with Crippen molar-refractivity contribution in [2.75, 3.05) is 5.32 Å². The van der Waals surface area contributed by atoms with E-state index in [9.17, 15) is 14.4 Å². The normalized spacial score (nSPS) is 11.5. The van der Waals surface area contributed by atoms with Gasteiger partial charge in [0.15, 0.2) is 5.78 Å². The van der Waals surface area contributed by atoms with Crippen LogP contribution in [-0.4, -0.2) is 17.7 Å². The quantitative estimate of drug-likeness (QED) is 0.448. The van der Waals surface area contributed by atoms with Gasteiger partial charge in [-0.3, -0.25) is 9.59 Å². The van der Waals surface area contributed by atoms with Crippen LogP contribution < -0.4 is 5.32 Å². The lowest BCUT2D eigenvalue weighted by molar-refractivity contribution is -0.125. The highest BCUT2D eigenvalue weighted by atomic mass is 35.5. The standard InChI is InChI=1S/C21H16ClNO4S/c1-13(24)15-8-5-9-16(12-15)23-20(25)19(14-6-3-2-4-7-14)27-21(26)17-10-11-18(22)28-17/h2-12,19H,1H3,(H,23,25)/t19-/m0/s1. The average Bonchev–Trinajstić information content (AvgIpc) is 3.13. The van der Waals surface area contributed by atoms with E-state index < -0.39 is 18.0 Å². The van der Waals surface area contributed by atoms with Crippen molar-refractivity contribution in [3.63, 3.8) is 0 Å². The molecule has 1 amide bonds. The second-order valence-corrected chi connectivity index (χ2v) is 7.64. The van der Waals surface area contributed by atoms with Crippen LogP contribution in [0, 0.1) is 0 Å². The van der Waals surface area contributed by atoms with Crippen LogP contribution in [-0.2, 0) is 9.53 Å². The molecule has 1 atom stereocenters. The van der Waals surface area contributed by atoms with Crippen molar-refractivity contribution >= 4 is 46.3 Å². The molecule has 5 nitrogen and oxygen atoms in total. The fourth-order valence-electron chi connectivity index (χ4n) is 2.51. The fourth-order valence-corrected chi connectivity index (χ4v) is 3.44. The van der Waals surface area contributed by atoms with Gasteiger partial charge in [0.05, 0.1) is 4.34 Å². The Balaban J connectivity index is 1.84. The van der Waals surface area contributed by atoms with Gasteiger partial charge in [-0.15, -0.1) is 11.3 Å². The lowest BCUT2D eigenvalue weighted by Crippen LogP contribution is -2.25. The first-order chi connectivity index (χ1) is 13.4. The molecular weight excluding hydrogens is 398 g/mol. The zero-order valence-electron chi connectivity index (χ0n) is 14.8. The molecule has 0 unspecified atom stereocenters. The number of hydrogen-bond donors (Lipinski definition) is 1. The maximum absolute atomic E-state index is 12.9. The minimum atomic E-state index is -1.16. The number of anilines is 1. The predicted molar refractivity (Wildman–Crippen MR) is 109 cm³/mol. The first kappa shape index (κ1) is 19.8. The van der Waals surface area contributed by atoms with Gasteiger partial charge in [0.2, 0.25) is 6.10 Å². The van der Waals surface area contributed by atoms with Crippen LogP contribution in [0.15, 0.2) is 66.7 Å². The van der Waals surface area contributed by atoms with E-state index in [-0.39, 0.29) is 5.78 Å². The van der Waals surface area contributed by atoms with Crippen molar-refractivity contribution < 1.29 is 19.1 Å². The summed E-state index contributed by atoms with van der Waals surface area (Å²) in [7, 11) is 0. The number of ketones is 1. The summed E-state index contributed by atoms with van der Waals surface area (Å²) in [6, 6.07) is 18.4. The van der Waals surface area contributed by atoms with E-state index in [4.69, 9.17) is 16.3 Å². The van der Waals surface area contributed by atoms with E-state index in [1.165, 1.54) is 6.92 Å². The van der Waals surface area contributed by atoms with Gasteiger partial charge >= 0.3 is 5.97 Å². The van der Waals surface area contributed by atoms with Crippen LogP contribution in [0.4, 0.5) is 5.69 Å². The molecule has 0 fully saturated rings. The van der Waals surface area contributed by atoms with Crippen LogP contribution in [0.3, 0.4) is 0 Å². The minimum absolute atomic E-state index is 0.114. The van der Waals surface area contributed by atoms with Crippen LogP contribution in [0.1, 0.15) is 38.6 Å². The number of carbonyl (C=O) groups excluding carboxylic acids is 3. The molecular formula is C21H16ClNO4S. The Kier molecular flexibility index (Phi) is 6.23. The van der Waals surface area contributed by atoms with E-state index in [1.807, 2.05) is 0 Å². The Labute approximate surface area is 170 Å². The van der Waals surface area contributed by atoms with Crippen molar-refractivity contribution in [2.24, 2.45) is 0 Å². The van der Waals surface area contributed by atoms with E-state index in [2.05, 4.69) is 5.32 Å². The molecule has 3 aromatic rings.